The van der Waals surface area contributed by atoms with Gasteiger partial charge in [-0.2, -0.15) is 13.5 Å². The van der Waals surface area contributed by atoms with Crippen LogP contribution in [0.2, 0.25) is 5.02 Å². The maximum Gasteiger partial charge on any atom is 0.283 e. The van der Waals surface area contributed by atoms with Crippen LogP contribution in [0.1, 0.15) is 29.5 Å². The van der Waals surface area contributed by atoms with Gasteiger partial charge in [-0.3, -0.25) is 0 Å². The van der Waals surface area contributed by atoms with Gasteiger partial charge in [0.05, 0.1) is 17.2 Å². The maximum atomic E-state index is 12.7. The first-order valence-electron chi connectivity index (χ1n) is 9.89. The number of halogens is 1. The number of hydrogen-bond acceptors (Lipinski definition) is 3. The second-order valence-corrected chi connectivity index (χ2v) is 9.50. The fourth-order valence-electron chi connectivity index (χ4n) is 3.52. The molecule has 0 spiro atoms. The molecule has 5 nitrogen and oxygen atoms in total. The second kappa shape index (κ2) is 8.65. The van der Waals surface area contributed by atoms with E-state index < -0.39 is 10.0 Å². The van der Waals surface area contributed by atoms with Crippen LogP contribution < -0.4 is 0 Å². The smallest absolute Gasteiger partial charge is 0.250 e. The van der Waals surface area contributed by atoms with Gasteiger partial charge in [0.25, 0.3) is 10.0 Å². The summed E-state index contributed by atoms with van der Waals surface area (Å²) in [6.07, 6.45) is 0. The van der Waals surface area contributed by atoms with Gasteiger partial charge >= 0.3 is 0 Å². The van der Waals surface area contributed by atoms with Gasteiger partial charge in [0.1, 0.15) is 5.84 Å². The molecule has 1 heterocycles. The number of hydrogen-bond donors (Lipinski definition) is 0. The third kappa shape index (κ3) is 4.70. The van der Waals surface area contributed by atoms with Gasteiger partial charge in [-0.1, -0.05) is 71.8 Å². The lowest BCUT2D eigenvalue weighted by molar-refractivity contribution is 0.472. The van der Waals surface area contributed by atoms with Gasteiger partial charge in [-0.25, -0.2) is 5.01 Å². The van der Waals surface area contributed by atoms with Crippen molar-refractivity contribution in [2.24, 2.45) is 9.50 Å². The summed E-state index contributed by atoms with van der Waals surface area (Å²) in [6.45, 7) is 4.22. The van der Waals surface area contributed by atoms with Crippen molar-refractivity contribution < 1.29 is 8.42 Å². The first-order chi connectivity index (χ1) is 14.8. The van der Waals surface area contributed by atoms with E-state index in [1.54, 1.807) is 11.9 Å². The van der Waals surface area contributed by atoms with Gasteiger partial charge < -0.3 is 0 Å². The van der Waals surface area contributed by atoms with E-state index >= 15 is 0 Å². The summed E-state index contributed by atoms with van der Waals surface area (Å²) in [6, 6.07) is 24.3. The molecule has 3 aromatic carbocycles. The summed E-state index contributed by atoms with van der Waals surface area (Å²) in [5, 5.41) is 6.91. The number of benzene rings is 3. The first kappa shape index (κ1) is 21.3. The lowest BCUT2D eigenvalue weighted by Gasteiger charge is -2.16. The molecule has 1 unspecified atom stereocenters. The molecule has 7 heteroatoms. The molecular weight excluding hydrogens is 430 g/mol. The summed E-state index contributed by atoms with van der Waals surface area (Å²) < 4.78 is 29.5. The molecule has 0 amide bonds. The van der Waals surface area contributed by atoms with E-state index in [2.05, 4.69) is 28.7 Å². The van der Waals surface area contributed by atoms with Gasteiger partial charge in [0, 0.05) is 10.9 Å². The Morgan fingerprint density at radius 3 is 2.29 bits per heavy atom. The minimum Gasteiger partial charge on any atom is -0.250 e. The van der Waals surface area contributed by atoms with Crippen LogP contribution in [-0.4, -0.2) is 31.5 Å². The van der Waals surface area contributed by atoms with Crippen molar-refractivity contribution in [3.8, 4) is 0 Å². The Hall–Kier alpha value is -2.96. The normalized spacial score (nSPS) is 17.0. The number of hydrazone groups is 1. The summed E-state index contributed by atoms with van der Waals surface area (Å²) in [7, 11) is -3.87. The molecule has 1 atom stereocenters. The molecule has 0 radical (unpaired) electrons. The van der Waals surface area contributed by atoms with Gasteiger partial charge in [-0.15, -0.1) is 4.40 Å². The average Bonchev–Trinajstić information content (AvgIpc) is 3.21. The highest BCUT2D eigenvalue weighted by atomic mass is 35.5. The molecule has 1 aliphatic rings. The van der Waals surface area contributed by atoms with Gasteiger partial charge in [0.15, 0.2) is 0 Å². The van der Waals surface area contributed by atoms with E-state index in [1.165, 1.54) is 29.8 Å². The minimum absolute atomic E-state index is 0.00675. The first-order valence-corrected chi connectivity index (χ1v) is 11.7. The predicted octanol–water partition coefficient (Wildman–Crippen LogP) is 5.26. The average molecular weight is 452 g/mol. The molecule has 158 valence electrons. The number of rotatable bonds is 4. The summed E-state index contributed by atoms with van der Waals surface area (Å²) in [4.78, 5) is 0.0952. The standard InChI is InChI=1S/C24H22ClN3O2S/c1-17-8-10-20(11-9-17)24-23(19-6-4-3-5-7-19)16-28(26-24)18(2)27-31(29,30)22-14-12-21(25)13-15-22/h3-15,23H,16H2,1-2H3. The minimum atomic E-state index is -3.87. The Morgan fingerprint density at radius 1 is 1.00 bits per heavy atom. The Kier molecular flexibility index (Phi) is 5.94. The summed E-state index contributed by atoms with van der Waals surface area (Å²) in [5.41, 5.74) is 4.19. The molecule has 0 saturated carbocycles. The van der Waals surface area contributed by atoms with Crippen LogP contribution in [0.3, 0.4) is 0 Å². The largest absolute Gasteiger partial charge is 0.283 e. The molecule has 3 aromatic rings. The Balaban J connectivity index is 1.70. The van der Waals surface area contributed by atoms with E-state index in [9.17, 15) is 8.42 Å². The Labute approximate surface area is 187 Å². The second-order valence-electron chi connectivity index (χ2n) is 7.46. The summed E-state index contributed by atoms with van der Waals surface area (Å²) in [5.74, 6) is 0.324. The SMILES string of the molecule is CC(=NS(=O)(=O)c1ccc(Cl)cc1)N1CC(c2ccccc2)C(c2ccc(C)cc2)=N1. The van der Waals surface area contributed by atoms with Crippen molar-refractivity contribution in [2.45, 2.75) is 24.7 Å². The monoisotopic (exact) mass is 451 g/mol. The Morgan fingerprint density at radius 2 is 1.65 bits per heavy atom. The summed E-state index contributed by atoms with van der Waals surface area (Å²) >= 11 is 5.87. The number of amidine groups is 1. The predicted molar refractivity (Wildman–Crippen MR) is 125 cm³/mol. The highest BCUT2D eigenvalue weighted by Crippen LogP contribution is 2.29. The molecule has 1 aliphatic heterocycles. The van der Waals surface area contributed by atoms with E-state index in [1.807, 2.05) is 37.3 Å². The molecule has 31 heavy (non-hydrogen) atoms. The molecule has 0 bridgehead atoms. The third-order valence-electron chi connectivity index (χ3n) is 5.20. The number of aryl methyl sites for hydroxylation is 1. The van der Waals surface area contributed by atoms with Crippen molar-refractivity contribution >= 4 is 33.2 Å². The van der Waals surface area contributed by atoms with Crippen LogP contribution in [0.25, 0.3) is 0 Å². The molecule has 0 aromatic heterocycles. The van der Waals surface area contributed by atoms with Gasteiger partial charge in [0.2, 0.25) is 0 Å². The van der Waals surface area contributed by atoms with Crippen LogP contribution in [0.15, 0.2) is 93.3 Å². The van der Waals surface area contributed by atoms with Crippen LogP contribution >= 0.6 is 11.6 Å². The zero-order chi connectivity index (χ0) is 22.0. The van der Waals surface area contributed by atoms with E-state index in [0.717, 1.165) is 16.8 Å². The number of sulfonamides is 1. The van der Waals surface area contributed by atoms with Crippen LogP contribution in [-0.2, 0) is 10.0 Å². The highest BCUT2D eigenvalue weighted by molar-refractivity contribution is 7.90. The van der Waals surface area contributed by atoms with Crippen LogP contribution in [0, 0.1) is 6.92 Å². The third-order valence-corrected chi connectivity index (χ3v) is 6.83. The molecular formula is C24H22ClN3O2S. The van der Waals surface area contributed by atoms with Crippen molar-refractivity contribution in [2.75, 3.05) is 6.54 Å². The van der Waals surface area contributed by atoms with Gasteiger partial charge in [-0.05, 0) is 49.2 Å². The van der Waals surface area contributed by atoms with Crippen molar-refractivity contribution in [3.05, 3.63) is 101 Å². The van der Waals surface area contributed by atoms with E-state index in [-0.39, 0.29) is 10.8 Å². The topological polar surface area (TPSA) is 62.1 Å². The Bertz CT molecular complexity index is 1240. The fourth-order valence-corrected chi connectivity index (χ4v) is 4.67. The quantitative estimate of drug-likeness (QED) is 0.401. The molecule has 0 fully saturated rings. The van der Waals surface area contributed by atoms with Crippen molar-refractivity contribution in [1.29, 1.82) is 0 Å². The molecule has 0 aliphatic carbocycles. The highest BCUT2D eigenvalue weighted by Gasteiger charge is 2.31. The van der Waals surface area contributed by atoms with Crippen LogP contribution in [0.4, 0.5) is 0 Å². The zero-order valence-corrected chi connectivity index (χ0v) is 18.8. The molecule has 0 N–H and O–H groups in total. The van der Waals surface area contributed by atoms with Crippen LogP contribution in [0.5, 0.6) is 0 Å². The fraction of sp³-hybridized carbons (Fsp3) is 0.167. The lowest BCUT2D eigenvalue weighted by Crippen LogP contribution is -2.24. The molecule has 0 saturated heterocycles. The van der Waals surface area contributed by atoms with Crippen molar-refractivity contribution in [1.82, 2.24) is 5.01 Å². The van der Waals surface area contributed by atoms with E-state index in [0.29, 0.717) is 17.4 Å². The number of nitrogens with zero attached hydrogens (tertiary/aromatic N) is 3. The van der Waals surface area contributed by atoms with Crippen molar-refractivity contribution in [3.63, 3.8) is 0 Å². The van der Waals surface area contributed by atoms with E-state index in [4.69, 9.17) is 16.7 Å². The lowest BCUT2D eigenvalue weighted by atomic mass is 9.90. The maximum absolute atomic E-state index is 12.7. The zero-order valence-electron chi connectivity index (χ0n) is 17.2. The molecule has 4 rings (SSSR count).